The molecule has 0 bridgehead atoms. The number of hydrogen-bond acceptors (Lipinski definition) is 3. The van der Waals surface area contributed by atoms with Crippen molar-refractivity contribution in [2.24, 2.45) is 5.73 Å². The Bertz CT molecular complexity index is 382. The van der Waals surface area contributed by atoms with Crippen LogP contribution in [0.5, 0.6) is 0 Å². The Balaban J connectivity index is 2.91. The van der Waals surface area contributed by atoms with E-state index < -0.39 is 11.6 Å². The molecule has 4 heteroatoms. The Labute approximate surface area is 81.2 Å². The lowest BCUT2D eigenvalue weighted by atomic mass is 10.1. The van der Waals surface area contributed by atoms with Gasteiger partial charge in [-0.15, -0.1) is 0 Å². The van der Waals surface area contributed by atoms with Crippen molar-refractivity contribution in [3.8, 4) is 0 Å². The predicted molar refractivity (Wildman–Crippen MR) is 54.0 cm³/mol. The summed E-state index contributed by atoms with van der Waals surface area (Å²) in [6, 6.07) is 8.62. The van der Waals surface area contributed by atoms with Crippen molar-refractivity contribution in [2.45, 2.75) is 0 Å². The van der Waals surface area contributed by atoms with Gasteiger partial charge in [0.15, 0.2) is 0 Å². The molecular weight excluding hydrogens is 180 g/mol. The third kappa shape index (κ3) is 2.45. The molecule has 0 radical (unpaired) electrons. The molecule has 72 valence electrons. The van der Waals surface area contributed by atoms with Crippen LogP contribution in [0.4, 0.5) is 0 Å². The number of nitrogens with one attached hydrogen (secondary N) is 1. The minimum absolute atomic E-state index is 0.144. The largest absolute Gasteiger partial charge is 0.507 e. The lowest BCUT2D eigenvalue weighted by Gasteiger charge is -1.98. The van der Waals surface area contributed by atoms with E-state index in [4.69, 9.17) is 11.1 Å². The normalized spacial score (nSPS) is 11.0. The molecule has 0 saturated heterocycles. The van der Waals surface area contributed by atoms with Gasteiger partial charge in [-0.1, -0.05) is 30.3 Å². The molecule has 0 fully saturated rings. The van der Waals surface area contributed by atoms with Crippen molar-refractivity contribution in [1.29, 1.82) is 5.41 Å². The molecule has 0 spiro atoms. The molecule has 0 aliphatic carbocycles. The van der Waals surface area contributed by atoms with Crippen molar-refractivity contribution < 1.29 is 9.90 Å². The van der Waals surface area contributed by atoms with Gasteiger partial charge in [0.2, 0.25) is 0 Å². The van der Waals surface area contributed by atoms with Crippen LogP contribution >= 0.6 is 0 Å². The lowest BCUT2D eigenvalue weighted by Crippen LogP contribution is -2.20. The SMILES string of the molecule is N=C(/C=C(\O)c1ccccc1)C(N)=O. The van der Waals surface area contributed by atoms with Crippen molar-refractivity contribution in [1.82, 2.24) is 0 Å². The minimum atomic E-state index is -0.868. The topological polar surface area (TPSA) is 87.2 Å². The summed E-state index contributed by atoms with van der Waals surface area (Å²) in [5.41, 5.74) is 4.96. The second-order valence-electron chi connectivity index (χ2n) is 2.67. The standard InChI is InChI=1S/C10H10N2O2/c11-8(10(12)14)6-9(13)7-4-2-1-3-5-7/h1-6,11,13H,(H2,12,14)/b9-6-,11-8?. The molecule has 1 aromatic carbocycles. The first-order chi connectivity index (χ1) is 6.61. The fraction of sp³-hybridized carbons (Fsp3) is 0. The molecule has 0 aromatic heterocycles. The molecule has 0 aliphatic heterocycles. The van der Waals surface area contributed by atoms with Gasteiger partial charge in [0.25, 0.3) is 5.91 Å². The first-order valence-corrected chi connectivity index (χ1v) is 3.95. The Morgan fingerprint density at radius 3 is 2.43 bits per heavy atom. The van der Waals surface area contributed by atoms with E-state index in [1.165, 1.54) is 0 Å². The first kappa shape index (κ1) is 9.98. The molecule has 14 heavy (non-hydrogen) atoms. The van der Waals surface area contributed by atoms with Gasteiger partial charge < -0.3 is 10.8 Å². The van der Waals surface area contributed by atoms with Gasteiger partial charge in [-0.05, 0) is 0 Å². The zero-order valence-corrected chi connectivity index (χ0v) is 7.40. The maximum Gasteiger partial charge on any atom is 0.266 e. The molecule has 1 amide bonds. The van der Waals surface area contributed by atoms with Gasteiger partial charge in [0.1, 0.15) is 11.5 Å². The number of aliphatic hydroxyl groups excluding tert-OH is 1. The van der Waals surface area contributed by atoms with E-state index in [1.807, 2.05) is 0 Å². The fourth-order valence-corrected chi connectivity index (χ4v) is 0.900. The van der Waals surface area contributed by atoms with Crippen LogP contribution in [0.25, 0.3) is 5.76 Å². The maximum absolute atomic E-state index is 10.5. The van der Waals surface area contributed by atoms with Crippen molar-refractivity contribution in [2.75, 3.05) is 0 Å². The Morgan fingerprint density at radius 1 is 1.36 bits per heavy atom. The van der Waals surface area contributed by atoms with Crippen molar-refractivity contribution in [3.63, 3.8) is 0 Å². The van der Waals surface area contributed by atoms with Gasteiger partial charge in [-0.3, -0.25) is 10.2 Å². The number of rotatable bonds is 3. The highest BCUT2D eigenvalue weighted by Crippen LogP contribution is 2.09. The van der Waals surface area contributed by atoms with Crippen LogP contribution in [0.3, 0.4) is 0 Å². The molecule has 4 N–H and O–H groups in total. The van der Waals surface area contributed by atoms with Crippen LogP contribution in [-0.4, -0.2) is 16.7 Å². The predicted octanol–water partition coefficient (Wildman–Crippen LogP) is 1.09. The van der Waals surface area contributed by atoms with E-state index >= 15 is 0 Å². The molecular formula is C10H10N2O2. The van der Waals surface area contributed by atoms with E-state index in [1.54, 1.807) is 30.3 Å². The van der Waals surface area contributed by atoms with Crippen molar-refractivity contribution >= 4 is 17.4 Å². The first-order valence-electron chi connectivity index (χ1n) is 3.95. The number of nitrogens with two attached hydrogens (primary N) is 1. The summed E-state index contributed by atoms with van der Waals surface area (Å²) in [4.78, 5) is 10.5. The maximum atomic E-state index is 10.5. The van der Waals surface area contributed by atoms with Crippen LogP contribution < -0.4 is 5.73 Å². The summed E-state index contributed by atoms with van der Waals surface area (Å²) in [5, 5.41) is 16.6. The number of carbonyl (C=O) groups excluding carboxylic acids is 1. The third-order valence-electron chi connectivity index (χ3n) is 1.62. The van der Waals surface area contributed by atoms with Crippen LogP contribution in [0.1, 0.15) is 5.56 Å². The zero-order valence-electron chi connectivity index (χ0n) is 7.40. The van der Waals surface area contributed by atoms with E-state index in [9.17, 15) is 9.90 Å². The molecule has 0 aliphatic rings. The van der Waals surface area contributed by atoms with E-state index in [0.717, 1.165) is 6.08 Å². The fourth-order valence-electron chi connectivity index (χ4n) is 0.900. The minimum Gasteiger partial charge on any atom is -0.507 e. The van der Waals surface area contributed by atoms with Crippen LogP contribution in [-0.2, 0) is 4.79 Å². The summed E-state index contributed by atoms with van der Waals surface area (Å²) in [7, 11) is 0. The Morgan fingerprint density at radius 2 is 1.93 bits per heavy atom. The molecule has 4 nitrogen and oxygen atoms in total. The summed E-state index contributed by atoms with van der Waals surface area (Å²) < 4.78 is 0. The monoisotopic (exact) mass is 190 g/mol. The molecule has 1 rings (SSSR count). The third-order valence-corrected chi connectivity index (χ3v) is 1.62. The number of primary amides is 1. The van der Waals surface area contributed by atoms with Crippen LogP contribution in [0.15, 0.2) is 36.4 Å². The quantitative estimate of drug-likeness (QED) is 0.492. The van der Waals surface area contributed by atoms with Gasteiger partial charge in [-0.2, -0.15) is 0 Å². The number of benzene rings is 1. The smallest absolute Gasteiger partial charge is 0.266 e. The second kappa shape index (κ2) is 4.23. The molecule has 0 atom stereocenters. The van der Waals surface area contributed by atoms with E-state index in [0.29, 0.717) is 5.56 Å². The van der Waals surface area contributed by atoms with Crippen LogP contribution in [0, 0.1) is 5.41 Å². The number of hydrogen-bond donors (Lipinski definition) is 3. The molecule has 0 saturated carbocycles. The van der Waals surface area contributed by atoms with E-state index in [2.05, 4.69) is 0 Å². The highest BCUT2D eigenvalue weighted by atomic mass is 16.3. The lowest BCUT2D eigenvalue weighted by molar-refractivity contribution is -0.111. The number of carbonyl (C=O) groups is 1. The second-order valence-corrected chi connectivity index (χ2v) is 2.67. The Kier molecular flexibility index (Phi) is 3.01. The highest BCUT2D eigenvalue weighted by molar-refractivity contribution is 6.42. The van der Waals surface area contributed by atoms with Gasteiger partial charge >= 0.3 is 0 Å². The van der Waals surface area contributed by atoms with Crippen LogP contribution in [0.2, 0.25) is 0 Å². The highest BCUT2D eigenvalue weighted by Gasteiger charge is 2.03. The summed E-state index contributed by atoms with van der Waals surface area (Å²) in [6.07, 6.45) is 1.03. The summed E-state index contributed by atoms with van der Waals surface area (Å²) in [5.74, 6) is -1.01. The van der Waals surface area contributed by atoms with Gasteiger partial charge in [-0.25, -0.2) is 0 Å². The summed E-state index contributed by atoms with van der Waals surface area (Å²) in [6.45, 7) is 0. The Hall–Kier alpha value is -2.10. The van der Waals surface area contributed by atoms with Gasteiger partial charge in [0, 0.05) is 11.6 Å². The zero-order chi connectivity index (χ0) is 10.6. The number of amides is 1. The van der Waals surface area contributed by atoms with E-state index in [-0.39, 0.29) is 5.76 Å². The van der Waals surface area contributed by atoms with Crippen molar-refractivity contribution in [3.05, 3.63) is 42.0 Å². The average molecular weight is 190 g/mol. The number of aliphatic hydroxyl groups is 1. The summed E-state index contributed by atoms with van der Waals surface area (Å²) >= 11 is 0. The molecule has 1 aromatic rings. The molecule has 0 unspecified atom stereocenters. The average Bonchev–Trinajstić information content (AvgIpc) is 2.19. The van der Waals surface area contributed by atoms with Gasteiger partial charge in [0.05, 0.1) is 0 Å². The molecule has 0 heterocycles.